The van der Waals surface area contributed by atoms with Crippen molar-refractivity contribution in [2.24, 2.45) is 0 Å². The Bertz CT molecular complexity index is 791. The standard InChI is InChI=1S/C19H20ClN3O3/c20-15-5-3-4-14(12-15)19(25)21-13-18(24)22-16-6-1-2-7-17(16)23-8-10-26-11-9-23/h1-7,12H,8-11,13H2,(H,21,25)(H,22,24). The zero-order valence-electron chi connectivity index (χ0n) is 14.2. The number of nitrogens with zero attached hydrogens (tertiary/aromatic N) is 1. The number of anilines is 2. The summed E-state index contributed by atoms with van der Waals surface area (Å²) in [4.78, 5) is 26.5. The molecule has 0 bridgehead atoms. The highest BCUT2D eigenvalue weighted by molar-refractivity contribution is 6.31. The molecule has 136 valence electrons. The molecule has 2 amide bonds. The molecule has 0 radical (unpaired) electrons. The zero-order valence-corrected chi connectivity index (χ0v) is 15.0. The predicted octanol–water partition coefficient (Wildman–Crippen LogP) is 2.55. The monoisotopic (exact) mass is 373 g/mol. The largest absolute Gasteiger partial charge is 0.378 e. The number of hydrogen-bond acceptors (Lipinski definition) is 4. The minimum Gasteiger partial charge on any atom is -0.378 e. The van der Waals surface area contributed by atoms with Gasteiger partial charge in [-0.15, -0.1) is 0 Å². The van der Waals surface area contributed by atoms with E-state index in [2.05, 4.69) is 15.5 Å². The Labute approximate surface area is 157 Å². The lowest BCUT2D eigenvalue weighted by molar-refractivity contribution is -0.115. The van der Waals surface area contributed by atoms with E-state index in [1.54, 1.807) is 24.3 Å². The number of nitrogens with one attached hydrogen (secondary N) is 2. The summed E-state index contributed by atoms with van der Waals surface area (Å²) in [5, 5.41) is 5.94. The molecule has 7 heteroatoms. The molecule has 3 rings (SSSR count). The van der Waals surface area contributed by atoms with Gasteiger partial charge < -0.3 is 20.3 Å². The lowest BCUT2D eigenvalue weighted by Gasteiger charge is -2.30. The highest BCUT2D eigenvalue weighted by Gasteiger charge is 2.16. The van der Waals surface area contributed by atoms with E-state index in [1.807, 2.05) is 24.3 Å². The third-order valence-corrected chi connectivity index (χ3v) is 4.26. The van der Waals surface area contributed by atoms with E-state index in [-0.39, 0.29) is 18.4 Å². The fourth-order valence-electron chi connectivity index (χ4n) is 2.75. The van der Waals surface area contributed by atoms with Crippen molar-refractivity contribution in [3.63, 3.8) is 0 Å². The van der Waals surface area contributed by atoms with Crippen LogP contribution in [0.1, 0.15) is 10.4 Å². The highest BCUT2D eigenvalue weighted by Crippen LogP contribution is 2.26. The predicted molar refractivity (Wildman–Crippen MR) is 102 cm³/mol. The number of carbonyl (C=O) groups excluding carboxylic acids is 2. The van der Waals surface area contributed by atoms with E-state index < -0.39 is 0 Å². The highest BCUT2D eigenvalue weighted by atomic mass is 35.5. The van der Waals surface area contributed by atoms with Gasteiger partial charge in [0.25, 0.3) is 5.91 Å². The molecule has 0 spiro atoms. The van der Waals surface area contributed by atoms with E-state index >= 15 is 0 Å². The third-order valence-electron chi connectivity index (χ3n) is 4.03. The van der Waals surface area contributed by atoms with E-state index in [0.29, 0.717) is 23.8 Å². The van der Waals surface area contributed by atoms with Crippen LogP contribution in [0, 0.1) is 0 Å². The van der Waals surface area contributed by atoms with Crippen LogP contribution in [-0.2, 0) is 9.53 Å². The molecule has 2 aromatic carbocycles. The van der Waals surface area contributed by atoms with E-state index in [9.17, 15) is 9.59 Å². The minimum atomic E-state index is -0.343. The van der Waals surface area contributed by atoms with Crippen LogP contribution in [-0.4, -0.2) is 44.7 Å². The van der Waals surface area contributed by atoms with E-state index in [0.717, 1.165) is 24.5 Å². The van der Waals surface area contributed by atoms with Crippen LogP contribution >= 0.6 is 11.6 Å². The number of halogens is 1. The normalized spacial score (nSPS) is 14.0. The average Bonchev–Trinajstić information content (AvgIpc) is 2.67. The quantitative estimate of drug-likeness (QED) is 0.845. The van der Waals surface area contributed by atoms with Crippen LogP contribution < -0.4 is 15.5 Å². The fourth-order valence-corrected chi connectivity index (χ4v) is 2.94. The molecule has 0 aromatic heterocycles. The number of benzene rings is 2. The summed E-state index contributed by atoms with van der Waals surface area (Å²) >= 11 is 5.88. The molecule has 1 fully saturated rings. The molecule has 26 heavy (non-hydrogen) atoms. The second-order valence-electron chi connectivity index (χ2n) is 5.86. The molecule has 0 atom stereocenters. The summed E-state index contributed by atoms with van der Waals surface area (Å²) in [5.74, 6) is -0.634. The van der Waals surface area contributed by atoms with Crippen LogP contribution in [0.15, 0.2) is 48.5 Å². The van der Waals surface area contributed by atoms with Crippen molar-refractivity contribution >= 4 is 34.8 Å². The van der Waals surface area contributed by atoms with Gasteiger partial charge >= 0.3 is 0 Å². The number of rotatable bonds is 5. The van der Waals surface area contributed by atoms with Gasteiger partial charge in [-0.3, -0.25) is 9.59 Å². The number of ether oxygens (including phenoxy) is 1. The van der Waals surface area contributed by atoms with Crippen molar-refractivity contribution in [1.82, 2.24) is 5.32 Å². The van der Waals surface area contributed by atoms with Gasteiger partial charge in [-0.25, -0.2) is 0 Å². The number of carbonyl (C=O) groups is 2. The summed E-state index contributed by atoms with van der Waals surface area (Å²) in [6.45, 7) is 2.76. The summed E-state index contributed by atoms with van der Waals surface area (Å²) in [7, 11) is 0. The smallest absolute Gasteiger partial charge is 0.251 e. The van der Waals surface area contributed by atoms with Crippen molar-refractivity contribution in [2.45, 2.75) is 0 Å². The van der Waals surface area contributed by atoms with Gasteiger partial charge in [-0.05, 0) is 30.3 Å². The molecule has 2 N–H and O–H groups in total. The van der Waals surface area contributed by atoms with E-state index in [4.69, 9.17) is 16.3 Å². The maximum Gasteiger partial charge on any atom is 0.251 e. The van der Waals surface area contributed by atoms with Gasteiger partial charge in [0.05, 0.1) is 31.1 Å². The first-order valence-electron chi connectivity index (χ1n) is 8.39. The Morgan fingerprint density at radius 3 is 2.62 bits per heavy atom. The van der Waals surface area contributed by atoms with Crippen LogP contribution in [0.5, 0.6) is 0 Å². The Balaban J connectivity index is 1.59. The zero-order chi connectivity index (χ0) is 18.4. The Morgan fingerprint density at radius 1 is 1.08 bits per heavy atom. The Kier molecular flexibility index (Phi) is 6.09. The van der Waals surface area contributed by atoms with Gasteiger partial charge in [0.2, 0.25) is 5.91 Å². The molecular formula is C19H20ClN3O3. The van der Waals surface area contributed by atoms with Gasteiger partial charge in [0, 0.05) is 23.7 Å². The fraction of sp³-hybridized carbons (Fsp3) is 0.263. The second-order valence-corrected chi connectivity index (χ2v) is 6.29. The SMILES string of the molecule is O=C(CNC(=O)c1cccc(Cl)c1)Nc1ccccc1N1CCOCC1. The molecule has 0 aliphatic carbocycles. The average molecular weight is 374 g/mol. The maximum absolute atomic E-state index is 12.3. The molecule has 2 aromatic rings. The molecule has 0 saturated carbocycles. The summed E-state index contributed by atoms with van der Waals surface area (Å²) in [6, 6.07) is 14.2. The summed E-state index contributed by atoms with van der Waals surface area (Å²) in [5.41, 5.74) is 2.08. The van der Waals surface area contributed by atoms with Gasteiger partial charge in [-0.1, -0.05) is 29.8 Å². The van der Waals surface area contributed by atoms with Gasteiger partial charge in [-0.2, -0.15) is 0 Å². The Morgan fingerprint density at radius 2 is 1.85 bits per heavy atom. The first-order valence-corrected chi connectivity index (χ1v) is 8.76. The van der Waals surface area contributed by atoms with Crippen LogP contribution in [0.2, 0.25) is 5.02 Å². The lowest BCUT2D eigenvalue weighted by atomic mass is 10.2. The van der Waals surface area contributed by atoms with Gasteiger partial charge in [0.1, 0.15) is 0 Å². The topological polar surface area (TPSA) is 70.7 Å². The first kappa shape index (κ1) is 18.2. The molecule has 6 nitrogen and oxygen atoms in total. The van der Waals surface area contributed by atoms with Crippen LogP contribution in [0.4, 0.5) is 11.4 Å². The third kappa shape index (κ3) is 4.74. The van der Waals surface area contributed by atoms with Crippen molar-refractivity contribution in [3.8, 4) is 0 Å². The number of hydrogen-bond donors (Lipinski definition) is 2. The first-order chi connectivity index (χ1) is 12.6. The molecule has 1 heterocycles. The molecule has 0 unspecified atom stereocenters. The van der Waals surface area contributed by atoms with Crippen molar-refractivity contribution in [1.29, 1.82) is 0 Å². The van der Waals surface area contributed by atoms with Crippen molar-refractivity contribution in [3.05, 3.63) is 59.1 Å². The molecule has 1 saturated heterocycles. The number of amides is 2. The maximum atomic E-state index is 12.3. The van der Waals surface area contributed by atoms with Crippen molar-refractivity contribution < 1.29 is 14.3 Å². The van der Waals surface area contributed by atoms with Crippen LogP contribution in [0.3, 0.4) is 0 Å². The number of morpholine rings is 1. The van der Waals surface area contributed by atoms with E-state index in [1.165, 1.54) is 0 Å². The minimum absolute atomic E-state index is 0.122. The Hall–Kier alpha value is -2.57. The van der Waals surface area contributed by atoms with Crippen molar-refractivity contribution in [2.75, 3.05) is 43.1 Å². The summed E-state index contributed by atoms with van der Waals surface area (Å²) in [6.07, 6.45) is 0. The molecular weight excluding hydrogens is 354 g/mol. The van der Waals surface area contributed by atoms with Crippen LogP contribution in [0.25, 0.3) is 0 Å². The molecule has 1 aliphatic rings. The number of para-hydroxylation sites is 2. The second kappa shape index (κ2) is 8.69. The van der Waals surface area contributed by atoms with Gasteiger partial charge in [0.15, 0.2) is 0 Å². The summed E-state index contributed by atoms with van der Waals surface area (Å²) < 4.78 is 5.37. The lowest BCUT2D eigenvalue weighted by Crippen LogP contribution is -2.37. The molecule has 1 aliphatic heterocycles.